The highest BCUT2D eigenvalue weighted by Crippen LogP contribution is 2.22. The van der Waals surface area contributed by atoms with Gasteiger partial charge in [0.1, 0.15) is 0 Å². The SMILES string of the molecule is CCc1cccc(Cc2cnc(NC(=O)CC3COCCN3)s2)c1. The third-order valence-electron chi connectivity index (χ3n) is 4.01. The molecular weight excluding hydrogens is 322 g/mol. The number of amides is 1. The molecule has 2 aromatic rings. The summed E-state index contributed by atoms with van der Waals surface area (Å²) in [5.74, 6) is -0.0214. The van der Waals surface area contributed by atoms with Crippen molar-refractivity contribution in [3.8, 4) is 0 Å². The fourth-order valence-corrected chi connectivity index (χ4v) is 3.62. The van der Waals surface area contributed by atoms with Gasteiger partial charge in [-0.15, -0.1) is 11.3 Å². The zero-order valence-electron chi connectivity index (χ0n) is 13.9. The van der Waals surface area contributed by atoms with E-state index in [-0.39, 0.29) is 11.9 Å². The van der Waals surface area contributed by atoms with Crippen molar-refractivity contribution in [1.29, 1.82) is 0 Å². The number of anilines is 1. The lowest BCUT2D eigenvalue weighted by Gasteiger charge is -2.22. The molecule has 1 unspecified atom stereocenters. The minimum Gasteiger partial charge on any atom is -0.378 e. The van der Waals surface area contributed by atoms with Crippen molar-refractivity contribution in [3.05, 3.63) is 46.5 Å². The van der Waals surface area contributed by atoms with E-state index < -0.39 is 0 Å². The molecule has 1 aliphatic heterocycles. The molecular formula is C18H23N3O2S. The van der Waals surface area contributed by atoms with Crippen LogP contribution in [-0.2, 0) is 22.4 Å². The monoisotopic (exact) mass is 345 g/mol. The number of benzene rings is 1. The maximum Gasteiger partial charge on any atom is 0.227 e. The fourth-order valence-electron chi connectivity index (χ4n) is 2.75. The second-order valence-corrected chi connectivity index (χ2v) is 7.08. The third-order valence-corrected chi connectivity index (χ3v) is 4.92. The van der Waals surface area contributed by atoms with Crippen molar-refractivity contribution in [2.75, 3.05) is 25.1 Å². The van der Waals surface area contributed by atoms with E-state index in [1.807, 2.05) is 6.20 Å². The number of hydrogen-bond donors (Lipinski definition) is 2. The molecule has 0 saturated carbocycles. The molecule has 1 aromatic heterocycles. The molecule has 1 amide bonds. The molecule has 6 heteroatoms. The molecule has 0 spiro atoms. The van der Waals surface area contributed by atoms with Gasteiger partial charge in [0.2, 0.25) is 5.91 Å². The van der Waals surface area contributed by atoms with Crippen molar-refractivity contribution in [2.45, 2.75) is 32.2 Å². The van der Waals surface area contributed by atoms with Crippen LogP contribution < -0.4 is 10.6 Å². The van der Waals surface area contributed by atoms with Gasteiger partial charge in [-0.25, -0.2) is 4.98 Å². The Hall–Kier alpha value is -1.76. The highest BCUT2D eigenvalue weighted by molar-refractivity contribution is 7.15. The van der Waals surface area contributed by atoms with E-state index in [1.54, 1.807) is 0 Å². The van der Waals surface area contributed by atoms with Crippen molar-refractivity contribution in [2.24, 2.45) is 0 Å². The minimum absolute atomic E-state index is 0.0214. The summed E-state index contributed by atoms with van der Waals surface area (Å²) in [5, 5.41) is 6.84. The summed E-state index contributed by atoms with van der Waals surface area (Å²) in [4.78, 5) is 17.6. The number of morpholine rings is 1. The molecule has 1 atom stereocenters. The van der Waals surface area contributed by atoms with E-state index >= 15 is 0 Å². The molecule has 1 saturated heterocycles. The Morgan fingerprint density at radius 1 is 1.46 bits per heavy atom. The summed E-state index contributed by atoms with van der Waals surface area (Å²) in [6.45, 7) is 4.26. The number of aromatic nitrogens is 1. The predicted molar refractivity (Wildman–Crippen MR) is 96.6 cm³/mol. The van der Waals surface area contributed by atoms with E-state index in [9.17, 15) is 4.79 Å². The first kappa shape index (κ1) is 17.1. The molecule has 0 bridgehead atoms. The average molecular weight is 345 g/mol. The highest BCUT2D eigenvalue weighted by Gasteiger charge is 2.17. The van der Waals surface area contributed by atoms with E-state index in [0.29, 0.717) is 24.8 Å². The Kier molecular flexibility index (Phi) is 5.96. The number of nitrogens with zero attached hydrogens (tertiary/aromatic N) is 1. The molecule has 0 radical (unpaired) electrons. The first-order valence-electron chi connectivity index (χ1n) is 8.36. The van der Waals surface area contributed by atoms with E-state index in [2.05, 4.69) is 46.8 Å². The molecule has 1 aromatic carbocycles. The van der Waals surface area contributed by atoms with Gasteiger partial charge in [0.25, 0.3) is 0 Å². The zero-order chi connectivity index (χ0) is 16.8. The lowest BCUT2D eigenvalue weighted by atomic mass is 10.1. The number of ether oxygens (including phenoxy) is 1. The van der Waals surface area contributed by atoms with Gasteiger partial charge in [0.15, 0.2) is 5.13 Å². The number of hydrogen-bond acceptors (Lipinski definition) is 5. The summed E-state index contributed by atoms with van der Waals surface area (Å²) in [5.41, 5.74) is 2.62. The number of thiazole rings is 1. The summed E-state index contributed by atoms with van der Waals surface area (Å²) >= 11 is 1.54. The number of aryl methyl sites for hydroxylation is 1. The van der Waals surface area contributed by atoms with E-state index in [4.69, 9.17) is 4.74 Å². The van der Waals surface area contributed by atoms with Crippen LogP contribution in [0.4, 0.5) is 5.13 Å². The van der Waals surface area contributed by atoms with Crippen LogP contribution in [0.5, 0.6) is 0 Å². The van der Waals surface area contributed by atoms with Crippen LogP contribution >= 0.6 is 11.3 Å². The van der Waals surface area contributed by atoms with E-state index in [0.717, 1.165) is 24.3 Å². The van der Waals surface area contributed by atoms with Crippen LogP contribution in [0.2, 0.25) is 0 Å². The largest absolute Gasteiger partial charge is 0.378 e. The first-order valence-corrected chi connectivity index (χ1v) is 9.18. The number of carbonyl (C=O) groups is 1. The van der Waals surface area contributed by atoms with Crippen LogP contribution in [0.3, 0.4) is 0 Å². The predicted octanol–water partition coefficient (Wildman–Crippen LogP) is 2.61. The molecule has 1 fully saturated rings. The van der Waals surface area contributed by atoms with Crippen molar-refractivity contribution in [1.82, 2.24) is 10.3 Å². The summed E-state index contributed by atoms with van der Waals surface area (Å²) < 4.78 is 5.37. The second kappa shape index (κ2) is 8.37. The van der Waals surface area contributed by atoms with Crippen molar-refractivity contribution < 1.29 is 9.53 Å². The lowest BCUT2D eigenvalue weighted by Crippen LogP contribution is -2.43. The smallest absolute Gasteiger partial charge is 0.227 e. The van der Waals surface area contributed by atoms with Gasteiger partial charge in [-0.3, -0.25) is 4.79 Å². The Morgan fingerprint density at radius 2 is 2.33 bits per heavy atom. The highest BCUT2D eigenvalue weighted by atomic mass is 32.1. The average Bonchev–Trinajstić information content (AvgIpc) is 3.02. The lowest BCUT2D eigenvalue weighted by molar-refractivity contribution is -0.117. The number of nitrogens with one attached hydrogen (secondary N) is 2. The molecule has 2 heterocycles. The van der Waals surface area contributed by atoms with Crippen LogP contribution in [0, 0.1) is 0 Å². The van der Waals surface area contributed by atoms with Crippen LogP contribution in [0.15, 0.2) is 30.5 Å². The number of rotatable bonds is 6. The van der Waals surface area contributed by atoms with Gasteiger partial charge in [-0.05, 0) is 17.5 Å². The van der Waals surface area contributed by atoms with Crippen LogP contribution in [-0.4, -0.2) is 36.7 Å². The zero-order valence-corrected chi connectivity index (χ0v) is 14.7. The Morgan fingerprint density at radius 3 is 3.12 bits per heavy atom. The van der Waals surface area contributed by atoms with Gasteiger partial charge in [-0.1, -0.05) is 31.2 Å². The van der Waals surface area contributed by atoms with E-state index in [1.165, 1.54) is 22.5 Å². The minimum atomic E-state index is -0.0214. The quantitative estimate of drug-likeness (QED) is 0.845. The number of carbonyl (C=O) groups excluding carboxylic acids is 1. The van der Waals surface area contributed by atoms with Crippen LogP contribution in [0.1, 0.15) is 29.3 Å². The maximum absolute atomic E-state index is 12.1. The summed E-state index contributed by atoms with van der Waals surface area (Å²) in [6.07, 6.45) is 4.14. The second-order valence-electron chi connectivity index (χ2n) is 5.96. The van der Waals surface area contributed by atoms with Gasteiger partial charge in [0.05, 0.1) is 13.2 Å². The molecule has 5 nitrogen and oxygen atoms in total. The first-order chi connectivity index (χ1) is 11.7. The molecule has 0 aliphatic carbocycles. The van der Waals surface area contributed by atoms with Crippen LogP contribution in [0.25, 0.3) is 0 Å². The molecule has 3 rings (SSSR count). The van der Waals surface area contributed by atoms with Crippen molar-refractivity contribution in [3.63, 3.8) is 0 Å². The molecule has 24 heavy (non-hydrogen) atoms. The molecule has 2 N–H and O–H groups in total. The Bertz CT molecular complexity index is 680. The van der Waals surface area contributed by atoms with Crippen molar-refractivity contribution >= 4 is 22.4 Å². The maximum atomic E-state index is 12.1. The molecule has 1 aliphatic rings. The normalized spacial score (nSPS) is 17.6. The third kappa shape index (κ3) is 4.87. The Labute approximate surface area is 146 Å². The summed E-state index contributed by atoms with van der Waals surface area (Å²) in [6, 6.07) is 8.69. The van der Waals surface area contributed by atoms with Gasteiger partial charge >= 0.3 is 0 Å². The van der Waals surface area contributed by atoms with Gasteiger partial charge in [-0.2, -0.15) is 0 Å². The molecule has 128 valence electrons. The summed E-state index contributed by atoms with van der Waals surface area (Å²) in [7, 11) is 0. The standard InChI is InChI=1S/C18H23N3O2S/c1-2-13-4-3-5-14(8-13)9-16-11-20-18(24-16)21-17(22)10-15-12-23-7-6-19-15/h3-5,8,11,15,19H,2,6-7,9-10,12H2,1H3,(H,20,21,22). The fraction of sp³-hybridized carbons (Fsp3) is 0.444. The van der Waals surface area contributed by atoms with Gasteiger partial charge < -0.3 is 15.4 Å². The topological polar surface area (TPSA) is 63.2 Å². The Balaban J connectivity index is 1.53. The van der Waals surface area contributed by atoms with Gasteiger partial charge in [0, 0.05) is 36.5 Å².